The molecular weight excluding hydrogens is 370 g/mol. The smallest absolute Gasteiger partial charge is 0.176 e. The number of fused-ring (bicyclic) bond motifs is 1. The van der Waals surface area contributed by atoms with Crippen LogP contribution >= 0.6 is 12.2 Å². The molecule has 1 aliphatic rings. The molecule has 3 aromatic rings. The van der Waals surface area contributed by atoms with Gasteiger partial charge in [-0.1, -0.05) is 42.5 Å². The molecule has 1 aliphatic heterocycles. The number of aromatic nitrogens is 2. The fraction of sp³-hybridized carbons (Fsp3) is 0.238. The average Bonchev–Trinajstić information content (AvgIpc) is 3.11. The molecule has 7 heteroatoms. The van der Waals surface area contributed by atoms with Crippen molar-refractivity contribution in [2.24, 2.45) is 0 Å². The van der Waals surface area contributed by atoms with Crippen molar-refractivity contribution in [3.05, 3.63) is 71.4 Å². The number of benzene rings is 2. The monoisotopic (exact) mass is 393 g/mol. The van der Waals surface area contributed by atoms with E-state index in [2.05, 4.69) is 50.0 Å². The summed E-state index contributed by atoms with van der Waals surface area (Å²) in [5.74, 6) is 1.54. The molecule has 1 aromatic heterocycles. The predicted octanol–water partition coefficient (Wildman–Crippen LogP) is 3.79. The minimum Gasteiger partial charge on any atom is -0.495 e. The Hall–Kier alpha value is -2.90. The van der Waals surface area contributed by atoms with Crippen LogP contribution in [0, 0.1) is 0 Å². The molecule has 3 N–H and O–H groups in total. The molecule has 0 saturated carbocycles. The van der Waals surface area contributed by atoms with Crippen molar-refractivity contribution in [1.82, 2.24) is 15.1 Å². The molecule has 0 bridgehead atoms. The number of nitrogens with zero attached hydrogens (tertiary/aromatic N) is 2. The molecule has 0 amide bonds. The topological polar surface area (TPSA) is 65.2 Å². The van der Waals surface area contributed by atoms with Crippen LogP contribution in [0.4, 0.5) is 11.5 Å². The molecule has 0 unspecified atom stereocenters. The number of para-hydroxylation sites is 2. The number of anilines is 2. The Morgan fingerprint density at radius 1 is 1.14 bits per heavy atom. The lowest BCUT2D eigenvalue weighted by atomic mass is 10.1. The van der Waals surface area contributed by atoms with E-state index in [0.717, 1.165) is 49.0 Å². The molecule has 144 valence electrons. The number of methoxy groups -OCH3 is 1. The van der Waals surface area contributed by atoms with Crippen molar-refractivity contribution in [3.63, 3.8) is 0 Å². The van der Waals surface area contributed by atoms with E-state index in [-0.39, 0.29) is 0 Å². The molecule has 0 aliphatic carbocycles. The summed E-state index contributed by atoms with van der Waals surface area (Å²) < 4.78 is 5.36. The number of ether oxygens (including phenoxy) is 1. The molecule has 4 rings (SSSR count). The molecule has 6 nitrogen and oxygen atoms in total. The van der Waals surface area contributed by atoms with Crippen LogP contribution in [0.2, 0.25) is 0 Å². The molecule has 0 fully saturated rings. The van der Waals surface area contributed by atoms with E-state index in [1.54, 1.807) is 7.11 Å². The SMILES string of the molecule is COc1ccccc1NC(=S)Nc1n[nH]c2c1CCN(Cc1ccccc1)C2. The average molecular weight is 394 g/mol. The Morgan fingerprint density at radius 3 is 2.75 bits per heavy atom. The van der Waals surface area contributed by atoms with E-state index in [1.807, 2.05) is 30.3 Å². The van der Waals surface area contributed by atoms with Gasteiger partial charge < -0.3 is 15.4 Å². The van der Waals surface area contributed by atoms with Gasteiger partial charge in [-0.25, -0.2) is 0 Å². The summed E-state index contributed by atoms with van der Waals surface area (Å²) >= 11 is 5.46. The van der Waals surface area contributed by atoms with Gasteiger partial charge in [0, 0.05) is 25.2 Å². The number of aromatic amines is 1. The normalized spacial score (nSPS) is 13.6. The molecular formula is C21H23N5OS. The van der Waals surface area contributed by atoms with Gasteiger partial charge in [-0.15, -0.1) is 0 Å². The third-order valence-electron chi connectivity index (χ3n) is 4.85. The van der Waals surface area contributed by atoms with E-state index in [0.29, 0.717) is 5.11 Å². The number of H-pyrrole nitrogens is 1. The van der Waals surface area contributed by atoms with E-state index in [1.165, 1.54) is 11.1 Å². The lowest BCUT2D eigenvalue weighted by molar-refractivity contribution is 0.242. The van der Waals surface area contributed by atoms with Crippen molar-refractivity contribution in [3.8, 4) is 5.75 Å². The first-order chi connectivity index (χ1) is 13.7. The summed E-state index contributed by atoms with van der Waals surface area (Å²) in [7, 11) is 1.64. The highest BCUT2D eigenvalue weighted by Crippen LogP contribution is 2.26. The van der Waals surface area contributed by atoms with Gasteiger partial charge in [0.1, 0.15) is 5.75 Å². The zero-order valence-corrected chi connectivity index (χ0v) is 16.6. The standard InChI is InChI=1S/C21H23N5OS/c1-27-19-10-6-5-9-17(19)22-21(28)23-20-16-11-12-26(14-18(16)24-25-20)13-15-7-3-2-4-8-15/h2-10H,11-14H2,1H3,(H3,22,23,24,25,28). The summed E-state index contributed by atoms with van der Waals surface area (Å²) in [6.07, 6.45) is 0.929. The highest BCUT2D eigenvalue weighted by atomic mass is 32.1. The first-order valence-electron chi connectivity index (χ1n) is 9.26. The summed E-state index contributed by atoms with van der Waals surface area (Å²) in [4.78, 5) is 2.42. The van der Waals surface area contributed by atoms with Gasteiger partial charge in [0.05, 0.1) is 18.5 Å². The highest BCUT2D eigenvalue weighted by Gasteiger charge is 2.22. The minimum atomic E-state index is 0.491. The van der Waals surface area contributed by atoms with Gasteiger partial charge in [0.2, 0.25) is 0 Å². The van der Waals surface area contributed by atoms with Gasteiger partial charge in [-0.2, -0.15) is 5.10 Å². The van der Waals surface area contributed by atoms with E-state index in [9.17, 15) is 0 Å². The summed E-state index contributed by atoms with van der Waals surface area (Å²) in [5.41, 5.74) is 4.49. The maximum Gasteiger partial charge on any atom is 0.176 e. The maximum absolute atomic E-state index is 5.46. The number of hydrogen-bond donors (Lipinski definition) is 3. The lowest BCUT2D eigenvalue weighted by Gasteiger charge is -2.26. The van der Waals surface area contributed by atoms with Gasteiger partial charge in [-0.3, -0.25) is 10.00 Å². The number of thiocarbonyl (C=S) groups is 1. The second-order valence-corrected chi connectivity index (χ2v) is 7.16. The first kappa shape index (κ1) is 18.5. The number of rotatable bonds is 5. The van der Waals surface area contributed by atoms with Crippen LogP contribution in [0.25, 0.3) is 0 Å². The Morgan fingerprint density at radius 2 is 1.93 bits per heavy atom. The molecule has 28 heavy (non-hydrogen) atoms. The van der Waals surface area contributed by atoms with Crippen LogP contribution in [0.1, 0.15) is 16.8 Å². The molecule has 0 atom stereocenters. The zero-order valence-electron chi connectivity index (χ0n) is 15.7. The van der Waals surface area contributed by atoms with E-state index < -0.39 is 0 Å². The molecule has 0 spiro atoms. The minimum absolute atomic E-state index is 0.491. The van der Waals surface area contributed by atoms with Crippen LogP contribution < -0.4 is 15.4 Å². The number of nitrogens with one attached hydrogen (secondary N) is 3. The molecule has 0 saturated heterocycles. The lowest BCUT2D eigenvalue weighted by Crippen LogP contribution is -2.30. The largest absolute Gasteiger partial charge is 0.495 e. The Kier molecular flexibility index (Phi) is 5.55. The molecule has 2 heterocycles. The molecule has 0 radical (unpaired) electrons. The summed E-state index contributed by atoms with van der Waals surface area (Å²) in [5, 5.41) is 14.5. The van der Waals surface area contributed by atoms with Gasteiger partial charge in [0.25, 0.3) is 0 Å². The zero-order chi connectivity index (χ0) is 19.3. The Labute approximate surface area is 169 Å². The van der Waals surface area contributed by atoms with Gasteiger partial charge >= 0.3 is 0 Å². The van der Waals surface area contributed by atoms with Crippen LogP contribution in [-0.2, 0) is 19.5 Å². The molecule has 2 aromatic carbocycles. The first-order valence-corrected chi connectivity index (χ1v) is 9.67. The summed E-state index contributed by atoms with van der Waals surface area (Å²) in [6.45, 7) is 2.78. The quantitative estimate of drug-likeness (QED) is 0.573. The summed E-state index contributed by atoms with van der Waals surface area (Å²) in [6, 6.07) is 18.2. The van der Waals surface area contributed by atoms with Crippen molar-refractivity contribution in [2.75, 3.05) is 24.3 Å². The third-order valence-corrected chi connectivity index (χ3v) is 5.05. The maximum atomic E-state index is 5.46. The fourth-order valence-electron chi connectivity index (χ4n) is 3.46. The van der Waals surface area contributed by atoms with Crippen molar-refractivity contribution < 1.29 is 4.74 Å². The Bertz CT molecular complexity index is 956. The second-order valence-electron chi connectivity index (χ2n) is 6.75. The predicted molar refractivity (Wildman–Crippen MR) is 116 cm³/mol. The van der Waals surface area contributed by atoms with E-state index >= 15 is 0 Å². The third kappa shape index (κ3) is 4.16. The highest BCUT2D eigenvalue weighted by molar-refractivity contribution is 7.80. The van der Waals surface area contributed by atoms with Crippen LogP contribution in [0.3, 0.4) is 0 Å². The number of hydrogen-bond acceptors (Lipinski definition) is 4. The van der Waals surface area contributed by atoms with E-state index in [4.69, 9.17) is 17.0 Å². The van der Waals surface area contributed by atoms with Gasteiger partial charge in [0.15, 0.2) is 10.9 Å². The van der Waals surface area contributed by atoms with Crippen LogP contribution in [-0.4, -0.2) is 33.9 Å². The van der Waals surface area contributed by atoms with Crippen molar-refractivity contribution >= 4 is 28.8 Å². The van der Waals surface area contributed by atoms with Crippen LogP contribution in [0.5, 0.6) is 5.75 Å². The van der Waals surface area contributed by atoms with Crippen LogP contribution in [0.15, 0.2) is 54.6 Å². The van der Waals surface area contributed by atoms with Crippen molar-refractivity contribution in [1.29, 1.82) is 0 Å². The fourth-order valence-corrected chi connectivity index (χ4v) is 3.67. The van der Waals surface area contributed by atoms with Gasteiger partial charge in [-0.05, 0) is 36.3 Å². The second kappa shape index (κ2) is 8.41. The Balaban J connectivity index is 1.39. The van der Waals surface area contributed by atoms with Crippen molar-refractivity contribution in [2.45, 2.75) is 19.5 Å².